The van der Waals surface area contributed by atoms with Crippen molar-refractivity contribution in [3.05, 3.63) is 35.4 Å². The maximum Gasteiger partial charge on any atom is 0.165 e. The number of ether oxygens (including phenoxy) is 1. The molecule has 2 aliphatic heterocycles. The summed E-state index contributed by atoms with van der Waals surface area (Å²) in [6.45, 7) is 10.2. The molecule has 5 nitrogen and oxygen atoms in total. The summed E-state index contributed by atoms with van der Waals surface area (Å²) in [6.07, 6.45) is 9.05. The van der Waals surface area contributed by atoms with Crippen LogP contribution in [-0.4, -0.2) is 56.7 Å². The zero-order chi connectivity index (χ0) is 23.2. The predicted molar refractivity (Wildman–Crippen MR) is 125 cm³/mol. The minimum absolute atomic E-state index is 0.175. The highest BCUT2D eigenvalue weighted by Crippen LogP contribution is 2.75. The van der Waals surface area contributed by atoms with Crippen LogP contribution >= 0.6 is 0 Å². The van der Waals surface area contributed by atoms with Gasteiger partial charge in [-0.15, -0.1) is 0 Å². The van der Waals surface area contributed by atoms with Gasteiger partial charge in [0.1, 0.15) is 11.7 Å². The van der Waals surface area contributed by atoms with E-state index in [1.54, 1.807) is 6.07 Å². The van der Waals surface area contributed by atoms with E-state index in [0.717, 1.165) is 43.8 Å². The van der Waals surface area contributed by atoms with E-state index in [4.69, 9.17) is 4.74 Å². The van der Waals surface area contributed by atoms with E-state index < -0.39 is 22.7 Å². The van der Waals surface area contributed by atoms with Crippen molar-refractivity contribution >= 4 is 0 Å². The van der Waals surface area contributed by atoms with Crippen LogP contribution in [0.1, 0.15) is 64.5 Å². The third-order valence-corrected chi connectivity index (χ3v) is 11.0. The zero-order valence-corrected chi connectivity index (χ0v) is 20.3. The molecule has 0 radical (unpaired) electrons. The summed E-state index contributed by atoms with van der Waals surface area (Å²) in [6, 6.07) is 4.17. The SMILES string of the molecule is CC(C)(C)[C@@](C)(O)[C@H]1C[C@@]23C=C[C@]1(O)[C@@H]1Oc4c(O)ccc5c4[C@@]12CCN(CC1CC1)[C@@H]3C5. The highest BCUT2D eigenvalue weighted by atomic mass is 16.5. The van der Waals surface area contributed by atoms with Gasteiger partial charge in [0.05, 0.1) is 11.0 Å². The molecule has 7 atom stereocenters. The third-order valence-electron chi connectivity index (χ3n) is 11.0. The molecule has 0 aromatic heterocycles. The van der Waals surface area contributed by atoms with Crippen LogP contribution in [0.15, 0.2) is 24.3 Å². The monoisotopic (exact) mass is 451 g/mol. The second-order valence-electron chi connectivity index (χ2n) is 13.2. The van der Waals surface area contributed by atoms with Gasteiger partial charge in [0, 0.05) is 29.5 Å². The molecule has 4 bridgehead atoms. The van der Waals surface area contributed by atoms with Crippen molar-refractivity contribution in [1.82, 2.24) is 4.90 Å². The lowest BCUT2D eigenvalue weighted by molar-refractivity contribution is -0.255. The molecule has 3 fully saturated rings. The molecule has 5 heteroatoms. The van der Waals surface area contributed by atoms with E-state index in [1.165, 1.54) is 18.4 Å². The highest BCUT2D eigenvalue weighted by Gasteiger charge is 2.80. The molecule has 2 heterocycles. The predicted octanol–water partition coefficient (Wildman–Crippen LogP) is 3.54. The molecule has 178 valence electrons. The molecular formula is C28H37NO4. The van der Waals surface area contributed by atoms with Gasteiger partial charge < -0.3 is 20.1 Å². The molecule has 0 unspecified atom stereocenters. The maximum absolute atomic E-state index is 12.4. The lowest BCUT2D eigenvalue weighted by Crippen LogP contribution is -2.81. The number of piperidine rings is 1. The molecule has 1 aromatic rings. The molecule has 33 heavy (non-hydrogen) atoms. The Hall–Kier alpha value is -1.56. The molecule has 7 aliphatic rings. The first-order chi connectivity index (χ1) is 15.5. The summed E-state index contributed by atoms with van der Waals surface area (Å²) in [5.74, 6) is 1.21. The van der Waals surface area contributed by atoms with E-state index in [0.29, 0.717) is 11.8 Å². The van der Waals surface area contributed by atoms with Gasteiger partial charge in [0.15, 0.2) is 11.5 Å². The van der Waals surface area contributed by atoms with Crippen LogP contribution < -0.4 is 4.74 Å². The maximum atomic E-state index is 12.4. The summed E-state index contributed by atoms with van der Waals surface area (Å²) in [5, 5.41) is 35.2. The zero-order valence-electron chi connectivity index (χ0n) is 20.3. The van der Waals surface area contributed by atoms with E-state index in [9.17, 15) is 15.3 Å². The molecule has 3 N–H and O–H groups in total. The topological polar surface area (TPSA) is 73.2 Å². The standard InChI is InChI=1S/C28H37NO4/c1-24(2,3)25(4,31)19-14-26-9-10-28(19,32)23-27(26)11-12-29(15-16-5-6-16)20(26)13-17-7-8-18(30)22(33-23)21(17)27/h7-10,16,19-20,23,30-32H,5-6,11-15H2,1-4H3/t19-,20-,23-,25+,26-,27+,28-/m1/s1. The Labute approximate surface area is 196 Å². The van der Waals surface area contributed by atoms with Gasteiger partial charge in [-0.1, -0.05) is 39.0 Å². The van der Waals surface area contributed by atoms with E-state index in [1.807, 2.05) is 13.0 Å². The lowest BCUT2D eigenvalue weighted by Gasteiger charge is -2.72. The van der Waals surface area contributed by atoms with Gasteiger partial charge in [-0.05, 0) is 68.5 Å². The van der Waals surface area contributed by atoms with Crippen molar-refractivity contribution in [2.24, 2.45) is 22.7 Å². The van der Waals surface area contributed by atoms with Gasteiger partial charge in [0.2, 0.25) is 0 Å². The quantitative estimate of drug-likeness (QED) is 0.613. The van der Waals surface area contributed by atoms with Crippen molar-refractivity contribution in [2.45, 2.75) is 88.6 Å². The summed E-state index contributed by atoms with van der Waals surface area (Å²) in [5.41, 5.74) is -0.941. The Bertz CT molecular complexity index is 1080. The fourth-order valence-electron chi connectivity index (χ4n) is 8.65. The first-order valence-electron chi connectivity index (χ1n) is 12.9. The van der Waals surface area contributed by atoms with Crippen molar-refractivity contribution in [1.29, 1.82) is 0 Å². The van der Waals surface area contributed by atoms with Crippen LogP contribution in [0.2, 0.25) is 0 Å². The van der Waals surface area contributed by atoms with E-state index in [2.05, 4.69) is 37.8 Å². The van der Waals surface area contributed by atoms with Crippen molar-refractivity contribution < 1.29 is 20.1 Å². The summed E-state index contributed by atoms with van der Waals surface area (Å²) < 4.78 is 6.63. The highest BCUT2D eigenvalue weighted by molar-refractivity contribution is 5.65. The Morgan fingerprint density at radius 2 is 1.91 bits per heavy atom. The summed E-state index contributed by atoms with van der Waals surface area (Å²) >= 11 is 0. The van der Waals surface area contributed by atoms with Gasteiger partial charge >= 0.3 is 0 Å². The third kappa shape index (κ3) is 2.17. The van der Waals surface area contributed by atoms with Gasteiger partial charge in [-0.25, -0.2) is 0 Å². The number of benzene rings is 1. The summed E-state index contributed by atoms with van der Waals surface area (Å²) in [7, 11) is 0. The van der Waals surface area contributed by atoms with Gasteiger partial charge in [-0.3, -0.25) is 4.90 Å². The van der Waals surface area contributed by atoms with Crippen LogP contribution in [0.3, 0.4) is 0 Å². The van der Waals surface area contributed by atoms with E-state index in [-0.39, 0.29) is 22.5 Å². The Morgan fingerprint density at radius 1 is 1.15 bits per heavy atom. The number of aliphatic hydroxyl groups is 2. The van der Waals surface area contributed by atoms with Crippen LogP contribution in [-0.2, 0) is 11.8 Å². The van der Waals surface area contributed by atoms with Gasteiger partial charge in [0.25, 0.3) is 0 Å². The molecular weight excluding hydrogens is 414 g/mol. The molecule has 2 saturated carbocycles. The molecule has 8 rings (SSSR count). The lowest BCUT2D eigenvalue weighted by atomic mass is 9.35. The molecule has 2 spiro atoms. The second-order valence-corrected chi connectivity index (χ2v) is 13.2. The smallest absolute Gasteiger partial charge is 0.165 e. The minimum Gasteiger partial charge on any atom is -0.504 e. The Kier molecular flexibility index (Phi) is 3.65. The number of likely N-dealkylation sites (tertiary alicyclic amines) is 1. The first-order valence-corrected chi connectivity index (χ1v) is 12.9. The van der Waals surface area contributed by atoms with Crippen molar-refractivity contribution in [2.75, 3.05) is 13.1 Å². The minimum atomic E-state index is -1.29. The number of aromatic hydroxyl groups is 1. The normalized spacial score (nSPS) is 44.4. The Balaban J connectivity index is 1.48. The van der Waals surface area contributed by atoms with Crippen LogP contribution in [0.5, 0.6) is 11.5 Å². The molecule has 1 saturated heterocycles. The average Bonchev–Trinajstić information content (AvgIpc) is 3.48. The number of hydrogen-bond acceptors (Lipinski definition) is 5. The second kappa shape index (κ2) is 5.80. The number of phenolic OH excluding ortho intramolecular Hbond substituents is 1. The summed E-state index contributed by atoms with van der Waals surface area (Å²) in [4.78, 5) is 2.72. The molecule has 0 amide bonds. The van der Waals surface area contributed by atoms with Crippen LogP contribution in [0, 0.1) is 22.7 Å². The largest absolute Gasteiger partial charge is 0.504 e. The average molecular weight is 452 g/mol. The molecule has 5 aliphatic carbocycles. The molecule has 1 aromatic carbocycles. The number of phenols is 1. The number of rotatable bonds is 3. The van der Waals surface area contributed by atoms with Crippen LogP contribution in [0.4, 0.5) is 0 Å². The van der Waals surface area contributed by atoms with E-state index >= 15 is 0 Å². The van der Waals surface area contributed by atoms with Crippen LogP contribution in [0.25, 0.3) is 0 Å². The fraction of sp³-hybridized carbons (Fsp3) is 0.714. The van der Waals surface area contributed by atoms with Gasteiger partial charge in [-0.2, -0.15) is 0 Å². The first kappa shape index (κ1) is 20.8. The fourth-order valence-corrected chi connectivity index (χ4v) is 8.65. The number of hydrogen-bond donors (Lipinski definition) is 3. The van der Waals surface area contributed by atoms with Crippen molar-refractivity contribution in [3.63, 3.8) is 0 Å². The number of nitrogens with zero attached hydrogens (tertiary/aromatic N) is 1. The number of fused-ring (bicyclic) bond motifs is 1. The van der Waals surface area contributed by atoms with Crippen molar-refractivity contribution in [3.8, 4) is 11.5 Å². The Morgan fingerprint density at radius 3 is 2.61 bits per heavy atom.